The first-order valence-corrected chi connectivity index (χ1v) is 7.78. The fourth-order valence-corrected chi connectivity index (χ4v) is 2.19. The molecule has 0 aliphatic heterocycles. The van der Waals surface area contributed by atoms with Crippen LogP contribution in [0, 0.1) is 17.7 Å². The van der Waals surface area contributed by atoms with Crippen LogP contribution in [0.2, 0.25) is 0 Å². The first-order chi connectivity index (χ1) is 8.80. The fourth-order valence-electron chi connectivity index (χ4n) is 1.18. The molecule has 0 spiro atoms. The number of halogens is 1. The summed E-state index contributed by atoms with van der Waals surface area (Å²) in [5.74, 6) is 5.10. The molecule has 0 saturated heterocycles. The number of hydrogen-bond donors (Lipinski definition) is 1. The van der Waals surface area contributed by atoms with Crippen molar-refractivity contribution in [2.45, 2.75) is 18.2 Å². The van der Waals surface area contributed by atoms with E-state index >= 15 is 0 Å². The lowest BCUT2D eigenvalue weighted by Crippen LogP contribution is -2.12. The Balaban J connectivity index is 2.76. The molecule has 0 amide bonds. The van der Waals surface area contributed by atoms with Gasteiger partial charge in [0.15, 0.2) is 5.12 Å². The minimum atomic E-state index is -3.91. The second kappa shape index (κ2) is 6.70. The number of thioether (sulfide) groups is 1. The Labute approximate surface area is 115 Å². The highest BCUT2D eigenvalue weighted by Crippen LogP contribution is 2.13. The van der Waals surface area contributed by atoms with E-state index in [9.17, 15) is 17.6 Å². The van der Waals surface area contributed by atoms with Gasteiger partial charge >= 0.3 is 0 Å². The highest BCUT2D eigenvalue weighted by molar-refractivity contribution is 8.13. The summed E-state index contributed by atoms with van der Waals surface area (Å²) >= 11 is 1.15. The Morgan fingerprint density at radius 2 is 2.16 bits per heavy atom. The van der Waals surface area contributed by atoms with Crippen molar-refractivity contribution < 1.29 is 17.6 Å². The van der Waals surface area contributed by atoms with Gasteiger partial charge in [-0.15, -0.1) is 0 Å². The van der Waals surface area contributed by atoms with Gasteiger partial charge in [0.2, 0.25) is 10.0 Å². The Hall–Kier alpha value is -1.36. The van der Waals surface area contributed by atoms with Crippen LogP contribution in [0.1, 0.15) is 18.9 Å². The Kier molecular flexibility index (Phi) is 5.54. The molecule has 0 heterocycles. The molecule has 0 radical (unpaired) electrons. The third-order valence-electron chi connectivity index (χ3n) is 2.02. The molecule has 0 aliphatic rings. The third kappa shape index (κ3) is 5.42. The van der Waals surface area contributed by atoms with E-state index < -0.39 is 15.8 Å². The molecule has 1 rings (SSSR count). The summed E-state index contributed by atoms with van der Waals surface area (Å²) in [7, 11) is -3.91. The molecule has 0 saturated carbocycles. The van der Waals surface area contributed by atoms with E-state index in [0.29, 0.717) is 12.2 Å². The number of nitrogens with two attached hydrogens (primary N) is 1. The summed E-state index contributed by atoms with van der Waals surface area (Å²) in [5, 5.41) is 4.88. The lowest BCUT2D eigenvalue weighted by atomic mass is 10.2. The zero-order chi connectivity index (χ0) is 14.5. The van der Waals surface area contributed by atoms with E-state index in [2.05, 4.69) is 11.8 Å². The molecule has 1 aromatic carbocycles. The number of rotatable bonds is 3. The molecule has 4 nitrogen and oxygen atoms in total. The van der Waals surface area contributed by atoms with Gasteiger partial charge < -0.3 is 0 Å². The number of carbonyl (C=O) groups is 1. The third-order valence-corrected chi connectivity index (χ3v) is 3.75. The maximum atomic E-state index is 13.5. The second-order valence-electron chi connectivity index (χ2n) is 3.58. The molecule has 0 atom stereocenters. The van der Waals surface area contributed by atoms with Gasteiger partial charge in [-0.3, -0.25) is 4.79 Å². The first-order valence-electron chi connectivity index (χ1n) is 5.25. The van der Waals surface area contributed by atoms with Crippen molar-refractivity contribution in [2.75, 3.05) is 5.75 Å². The first kappa shape index (κ1) is 15.7. The molecule has 19 heavy (non-hydrogen) atoms. The van der Waals surface area contributed by atoms with Crippen molar-refractivity contribution in [2.24, 2.45) is 5.14 Å². The monoisotopic (exact) mass is 301 g/mol. The molecule has 0 aromatic heterocycles. The summed E-state index contributed by atoms with van der Waals surface area (Å²) in [6.45, 7) is 1.46. The fraction of sp³-hybridized carbons (Fsp3) is 0.250. The highest BCUT2D eigenvalue weighted by Gasteiger charge is 2.10. The van der Waals surface area contributed by atoms with E-state index in [4.69, 9.17) is 5.14 Å². The van der Waals surface area contributed by atoms with Gasteiger partial charge in [0.05, 0.1) is 10.5 Å². The molecule has 0 bridgehead atoms. The predicted octanol–water partition coefficient (Wildman–Crippen LogP) is 1.49. The van der Waals surface area contributed by atoms with Crippen LogP contribution in [0.5, 0.6) is 0 Å². The van der Waals surface area contributed by atoms with E-state index in [0.717, 1.165) is 17.8 Å². The van der Waals surface area contributed by atoms with Crippen LogP contribution < -0.4 is 5.14 Å². The molecule has 0 aliphatic carbocycles. The summed E-state index contributed by atoms with van der Waals surface area (Å²) in [5.41, 5.74) is 0.0974. The minimum Gasteiger partial charge on any atom is -0.288 e. The van der Waals surface area contributed by atoms with Crippen LogP contribution in [-0.2, 0) is 14.8 Å². The number of carbonyl (C=O) groups excluding carboxylic acids is 1. The number of hydrogen-bond acceptors (Lipinski definition) is 4. The largest absolute Gasteiger partial charge is 0.288 e. The van der Waals surface area contributed by atoms with E-state index in [1.807, 2.05) is 0 Å². The number of sulfonamides is 1. The van der Waals surface area contributed by atoms with Crippen molar-refractivity contribution in [3.63, 3.8) is 0 Å². The van der Waals surface area contributed by atoms with Crippen molar-refractivity contribution >= 4 is 26.9 Å². The molecule has 102 valence electrons. The molecule has 1 aromatic rings. The van der Waals surface area contributed by atoms with E-state index in [1.165, 1.54) is 19.1 Å². The lowest BCUT2D eigenvalue weighted by molar-refractivity contribution is -0.109. The summed E-state index contributed by atoms with van der Waals surface area (Å²) in [6, 6.07) is 3.30. The van der Waals surface area contributed by atoms with Gasteiger partial charge in [0.1, 0.15) is 5.82 Å². The van der Waals surface area contributed by atoms with Crippen molar-refractivity contribution in [1.82, 2.24) is 0 Å². The second-order valence-corrected chi connectivity index (χ2v) is 6.41. The molecule has 7 heteroatoms. The number of benzene rings is 1. The van der Waals surface area contributed by atoms with Crippen LogP contribution in [0.4, 0.5) is 4.39 Å². The van der Waals surface area contributed by atoms with Gasteiger partial charge in [0, 0.05) is 19.1 Å². The Bertz CT molecular complexity index is 645. The van der Waals surface area contributed by atoms with Crippen LogP contribution in [-0.4, -0.2) is 19.3 Å². The topological polar surface area (TPSA) is 77.2 Å². The average Bonchev–Trinajstić information content (AvgIpc) is 2.28. The van der Waals surface area contributed by atoms with Gasteiger partial charge in [-0.05, 0) is 18.2 Å². The smallest absolute Gasteiger partial charge is 0.238 e. The van der Waals surface area contributed by atoms with Crippen molar-refractivity contribution in [3.05, 3.63) is 29.6 Å². The lowest BCUT2D eigenvalue weighted by Gasteiger charge is -1.99. The van der Waals surface area contributed by atoms with Gasteiger partial charge in [-0.1, -0.05) is 23.6 Å². The van der Waals surface area contributed by atoms with Gasteiger partial charge in [-0.25, -0.2) is 17.9 Å². The van der Waals surface area contributed by atoms with Crippen molar-refractivity contribution in [1.29, 1.82) is 0 Å². The summed E-state index contributed by atoms with van der Waals surface area (Å²) in [6.07, 6.45) is 0.445. The molecular formula is C12H12FNO3S2. The number of primary sulfonamides is 1. The minimum absolute atomic E-state index is 0.00508. The van der Waals surface area contributed by atoms with Crippen LogP contribution >= 0.6 is 11.8 Å². The zero-order valence-corrected chi connectivity index (χ0v) is 11.8. The summed E-state index contributed by atoms with van der Waals surface area (Å²) in [4.78, 5) is 10.4. The van der Waals surface area contributed by atoms with Gasteiger partial charge in [0.25, 0.3) is 0 Å². The molecule has 0 fully saturated rings. The Morgan fingerprint density at radius 3 is 2.68 bits per heavy atom. The van der Waals surface area contributed by atoms with Crippen molar-refractivity contribution in [3.8, 4) is 11.8 Å². The summed E-state index contributed by atoms with van der Waals surface area (Å²) < 4.78 is 35.5. The molecule has 2 N–H and O–H groups in total. The van der Waals surface area contributed by atoms with E-state index in [1.54, 1.807) is 0 Å². The normalized spacial score (nSPS) is 10.7. The molecular weight excluding hydrogens is 289 g/mol. The van der Waals surface area contributed by atoms with E-state index in [-0.39, 0.29) is 15.6 Å². The maximum absolute atomic E-state index is 13.5. The van der Waals surface area contributed by atoms with Gasteiger partial charge in [-0.2, -0.15) is 0 Å². The average molecular weight is 301 g/mol. The van der Waals surface area contributed by atoms with Crippen LogP contribution in [0.25, 0.3) is 0 Å². The highest BCUT2D eigenvalue weighted by atomic mass is 32.2. The Morgan fingerprint density at radius 1 is 1.47 bits per heavy atom. The zero-order valence-electron chi connectivity index (χ0n) is 10.1. The standard InChI is InChI=1S/C12H12FNO3S2/c1-9(15)18-7-3-2-4-10-5-6-11(8-12(10)13)19(14,16)17/h5-6,8H,3,7H2,1H3,(H2,14,16,17). The van der Waals surface area contributed by atoms with Crippen LogP contribution in [0.15, 0.2) is 23.1 Å². The molecule has 0 unspecified atom stereocenters. The maximum Gasteiger partial charge on any atom is 0.238 e. The van der Waals surface area contributed by atoms with Crippen LogP contribution in [0.3, 0.4) is 0 Å². The predicted molar refractivity (Wildman–Crippen MR) is 72.4 cm³/mol. The SMILES string of the molecule is CC(=O)SCCC#Cc1ccc(S(N)(=O)=O)cc1F. The quantitative estimate of drug-likeness (QED) is 0.678.